The maximum Gasteiger partial charge on any atom is 0.342 e. The number of esters is 1. The van der Waals surface area contributed by atoms with Crippen LogP contribution >= 0.6 is 11.6 Å². The van der Waals surface area contributed by atoms with Crippen molar-refractivity contribution < 1.29 is 28.9 Å². The maximum absolute atomic E-state index is 12.2. The highest BCUT2D eigenvalue weighted by Crippen LogP contribution is 2.27. The molecule has 7 nitrogen and oxygen atoms in total. The second-order valence-corrected chi connectivity index (χ2v) is 5.68. The highest BCUT2D eigenvalue weighted by atomic mass is 35.5. The molecule has 1 amide bonds. The van der Waals surface area contributed by atoms with Gasteiger partial charge in [0.15, 0.2) is 6.10 Å². The summed E-state index contributed by atoms with van der Waals surface area (Å²) in [6.45, 7) is 1.42. The molecule has 0 spiro atoms. The van der Waals surface area contributed by atoms with E-state index in [2.05, 4.69) is 5.32 Å². The Hall–Kier alpha value is -2.93. The Kier molecular flexibility index (Phi) is 6.30. The summed E-state index contributed by atoms with van der Waals surface area (Å²) in [4.78, 5) is 24.3. The Bertz CT molecular complexity index is 823. The Morgan fingerprint density at radius 1 is 1.12 bits per heavy atom. The number of amides is 1. The van der Waals surface area contributed by atoms with Crippen molar-refractivity contribution in [3.8, 4) is 17.2 Å². The van der Waals surface area contributed by atoms with E-state index in [0.29, 0.717) is 22.2 Å². The monoisotopic (exact) mass is 379 g/mol. The SMILES string of the molecule is COc1ccc(C(=O)O[C@H](C)C(=O)Nc2ccc(OC)c(Cl)c2)c(O)c1. The van der Waals surface area contributed by atoms with Gasteiger partial charge in [0, 0.05) is 11.8 Å². The summed E-state index contributed by atoms with van der Waals surface area (Å²) >= 11 is 6.00. The van der Waals surface area contributed by atoms with Crippen molar-refractivity contribution in [3.05, 3.63) is 47.0 Å². The molecule has 2 N–H and O–H groups in total. The summed E-state index contributed by atoms with van der Waals surface area (Å²) in [5, 5.41) is 12.8. The van der Waals surface area contributed by atoms with Gasteiger partial charge in [-0.3, -0.25) is 4.79 Å². The van der Waals surface area contributed by atoms with Crippen LogP contribution in [-0.4, -0.2) is 37.3 Å². The molecule has 0 fully saturated rings. The second-order valence-electron chi connectivity index (χ2n) is 5.27. The van der Waals surface area contributed by atoms with E-state index >= 15 is 0 Å². The minimum absolute atomic E-state index is 0.0714. The molecular weight excluding hydrogens is 362 g/mol. The number of nitrogens with one attached hydrogen (secondary N) is 1. The van der Waals surface area contributed by atoms with Gasteiger partial charge in [-0.2, -0.15) is 0 Å². The van der Waals surface area contributed by atoms with Gasteiger partial charge in [-0.1, -0.05) is 11.6 Å². The largest absolute Gasteiger partial charge is 0.507 e. The molecule has 0 saturated carbocycles. The van der Waals surface area contributed by atoms with Crippen LogP contribution in [0.4, 0.5) is 5.69 Å². The number of halogens is 1. The number of phenols is 1. The van der Waals surface area contributed by atoms with Crippen molar-refractivity contribution >= 4 is 29.2 Å². The van der Waals surface area contributed by atoms with E-state index in [9.17, 15) is 14.7 Å². The number of anilines is 1. The van der Waals surface area contributed by atoms with E-state index in [1.807, 2.05) is 0 Å². The predicted octanol–water partition coefficient (Wildman–Crippen LogP) is 3.25. The lowest BCUT2D eigenvalue weighted by Crippen LogP contribution is -2.30. The molecule has 0 saturated heterocycles. The molecule has 2 aromatic rings. The molecule has 2 rings (SSSR count). The molecular formula is C18H18ClNO6. The summed E-state index contributed by atoms with van der Waals surface area (Å²) in [6, 6.07) is 8.85. The van der Waals surface area contributed by atoms with E-state index in [4.69, 9.17) is 25.8 Å². The number of aromatic hydroxyl groups is 1. The first-order chi connectivity index (χ1) is 12.3. The van der Waals surface area contributed by atoms with Gasteiger partial charge in [-0.05, 0) is 37.3 Å². The minimum Gasteiger partial charge on any atom is -0.507 e. The number of benzene rings is 2. The summed E-state index contributed by atoms with van der Waals surface area (Å²) in [6.07, 6.45) is -1.09. The van der Waals surface area contributed by atoms with Gasteiger partial charge in [0.05, 0.1) is 19.2 Å². The van der Waals surface area contributed by atoms with Gasteiger partial charge >= 0.3 is 5.97 Å². The van der Waals surface area contributed by atoms with Crippen LogP contribution in [0.3, 0.4) is 0 Å². The maximum atomic E-state index is 12.2. The molecule has 0 aromatic heterocycles. The van der Waals surface area contributed by atoms with E-state index in [-0.39, 0.29) is 11.3 Å². The normalized spacial score (nSPS) is 11.4. The number of carbonyl (C=O) groups is 2. The number of hydrogen-bond donors (Lipinski definition) is 2. The summed E-state index contributed by atoms with van der Waals surface area (Å²) in [5.74, 6) is -0.822. The molecule has 2 aromatic carbocycles. The van der Waals surface area contributed by atoms with Crippen molar-refractivity contribution in [2.45, 2.75) is 13.0 Å². The van der Waals surface area contributed by atoms with Gasteiger partial charge in [-0.15, -0.1) is 0 Å². The van der Waals surface area contributed by atoms with Crippen LogP contribution in [0.2, 0.25) is 5.02 Å². The summed E-state index contributed by atoms with van der Waals surface area (Å²) < 4.78 is 15.1. The molecule has 0 aliphatic carbocycles. The third-order valence-electron chi connectivity index (χ3n) is 3.50. The number of hydrogen-bond acceptors (Lipinski definition) is 6. The fourth-order valence-corrected chi connectivity index (χ4v) is 2.33. The van der Waals surface area contributed by atoms with Crippen LogP contribution in [0.1, 0.15) is 17.3 Å². The Balaban J connectivity index is 2.02. The standard InChI is InChI=1S/C18H18ClNO6/c1-10(17(22)20-11-4-7-16(25-3)14(19)8-11)26-18(23)13-6-5-12(24-2)9-15(13)21/h4-10,21H,1-3H3,(H,20,22)/t10-/m1/s1. The molecule has 0 aliphatic rings. The van der Waals surface area contributed by atoms with Crippen LogP contribution in [0.5, 0.6) is 17.2 Å². The number of methoxy groups -OCH3 is 2. The van der Waals surface area contributed by atoms with Gasteiger partial charge in [0.25, 0.3) is 5.91 Å². The topological polar surface area (TPSA) is 94.1 Å². The van der Waals surface area contributed by atoms with Crippen LogP contribution in [0, 0.1) is 0 Å². The minimum atomic E-state index is -1.09. The van der Waals surface area contributed by atoms with E-state index in [1.165, 1.54) is 45.4 Å². The summed E-state index contributed by atoms with van der Waals surface area (Å²) in [7, 11) is 2.92. The van der Waals surface area contributed by atoms with Crippen molar-refractivity contribution in [2.24, 2.45) is 0 Å². The van der Waals surface area contributed by atoms with Crippen molar-refractivity contribution in [1.29, 1.82) is 0 Å². The average Bonchev–Trinajstić information content (AvgIpc) is 2.61. The summed E-state index contributed by atoms with van der Waals surface area (Å²) in [5.41, 5.74) is 0.355. The van der Waals surface area contributed by atoms with E-state index < -0.39 is 18.0 Å². The van der Waals surface area contributed by atoms with Crippen LogP contribution < -0.4 is 14.8 Å². The van der Waals surface area contributed by atoms with E-state index in [0.717, 1.165) is 0 Å². The first kappa shape index (κ1) is 19.4. The Morgan fingerprint density at radius 3 is 2.42 bits per heavy atom. The molecule has 1 atom stereocenters. The number of rotatable bonds is 6. The third kappa shape index (κ3) is 4.58. The van der Waals surface area contributed by atoms with Gasteiger partial charge < -0.3 is 24.6 Å². The number of ether oxygens (including phenoxy) is 3. The van der Waals surface area contributed by atoms with E-state index in [1.54, 1.807) is 12.1 Å². The zero-order valence-electron chi connectivity index (χ0n) is 14.4. The van der Waals surface area contributed by atoms with Crippen LogP contribution in [0.15, 0.2) is 36.4 Å². The third-order valence-corrected chi connectivity index (χ3v) is 3.79. The molecule has 0 bridgehead atoms. The van der Waals surface area contributed by atoms with Gasteiger partial charge in [-0.25, -0.2) is 4.79 Å². The highest BCUT2D eigenvalue weighted by molar-refractivity contribution is 6.32. The molecule has 8 heteroatoms. The molecule has 26 heavy (non-hydrogen) atoms. The molecule has 0 radical (unpaired) electrons. The van der Waals surface area contributed by atoms with Gasteiger partial charge in [0.1, 0.15) is 22.8 Å². The molecule has 0 aliphatic heterocycles. The van der Waals surface area contributed by atoms with Crippen molar-refractivity contribution in [2.75, 3.05) is 19.5 Å². The fourth-order valence-electron chi connectivity index (χ4n) is 2.08. The lowest BCUT2D eigenvalue weighted by atomic mass is 10.2. The average molecular weight is 380 g/mol. The zero-order chi connectivity index (χ0) is 19.3. The lowest BCUT2D eigenvalue weighted by molar-refractivity contribution is -0.123. The van der Waals surface area contributed by atoms with Crippen LogP contribution in [0.25, 0.3) is 0 Å². The van der Waals surface area contributed by atoms with Crippen molar-refractivity contribution in [3.63, 3.8) is 0 Å². The van der Waals surface area contributed by atoms with Crippen LogP contribution in [-0.2, 0) is 9.53 Å². The van der Waals surface area contributed by atoms with Crippen molar-refractivity contribution in [1.82, 2.24) is 0 Å². The lowest BCUT2D eigenvalue weighted by Gasteiger charge is -2.15. The zero-order valence-corrected chi connectivity index (χ0v) is 15.2. The molecule has 138 valence electrons. The second kappa shape index (κ2) is 8.44. The Labute approximate surface area is 155 Å². The first-order valence-corrected chi connectivity index (χ1v) is 7.96. The molecule has 0 heterocycles. The number of phenolic OH excluding ortho intramolecular Hbond substituents is 1. The highest BCUT2D eigenvalue weighted by Gasteiger charge is 2.21. The Morgan fingerprint density at radius 2 is 1.85 bits per heavy atom. The fraction of sp³-hybridized carbons (Fsp3) is 0.222. The number of carbonyl (C=O) groups excluding carboxylic acids is 2. The first-order valence-electron chi connectivity index (χ1n) is 7.58. The smallest absolute Gasteiger partial charge is 0.342 e. The van der Waals surface area contributed by atoms with Gasteiger partial charge in [0.2, 0.25) is 0 Å². The quantitative estimate of drug-likeness (QED) is 0.748. The predicted molar refractivity (Wildman–Crippen MR) is 96.2 cm³/mol. The molecule has 0 unspecified atom stereocenters.